The molecule has 5 nitrogen and oxygen atoms in total. The minimum atomic E-state index is -0.652. The molecule has 0 aromatic heterocycles. The first-order chi connectivity index (χ1) is 15.8. The van der Waals surface area contributed by atoms with E-state index in [1.54, 1.807) is 12.1 Å². The van der Waals surface area contributed by atoms with Gasteiger partial charge in [-0.15, -0.1) is 0 Å². The van der Waals surface area contributed by atoms with Gasteiger partial charge in [-0.3, -0.25) is 4.79 Å². The Morgan fingerprint density at radius 2 is 1.73 bits per heavy atom. The molecule has 2 atom stereocenters. The van der Waals surface area contributed by atoms with Crippen molar-refractivity contribution in [3.8, 4) is 5.75 Å². The summed E-state index contributed by atoms with van der Waals surface area (Å²) in [4.78, 5) is 13.0. The van der Waals surface area contributed by atoms with E-state index in [1.807, 2.05) is 13.8 Å². The Morgan fingerprint density at radius 3 is 2.42 bits per heavy atom. The number of amides is 1. The van der Waals surface area contributed by atoms with Crippen LogP contribution in [0.25, 0.3) is 0 Å². The van der Waals surface area contributed by atoms with Gasteiger partial charge in [-0.1, -0.05) is 42.0 Å². The van der Waals surface area contributed by atoms with E-state index in [4.69, 9.17) is 5.73 Å². The minimum Gasteiger partial charge on any atom is -0.508 e. The third-order valence-electron chi connectivity index (χ3n) is 6.53. The molecule has 5 heteroatoms. The highest BCUT2D eigenvalue weighted by Gasteiger charge is 2.25. The lowest BCUT2D eigenvalue weighted by atomic mass is 9.92. The van der Waals surface area contributed by atoms with Crippen molar-refractivity contribution >= 4 is 11.6 Å². The van der Waals surface area contributed by atoms with Crippen LogP contribution in [0.15, 0.2) is 54.6 Å². The van der Waals surface area contributed by atoms with Gasteiger partial charge in [0, 0.05) is 12.2 Å². The maximum absolute atomic E-state index is 13.0. The third kappa shape index (κ3) is 5.37. The molecule has 33 heavy (non-hydrogen) atoms. The molecule has 0 saturated carbocycles. The Bertz CT molecular complexity index is 1130. The van der Waals surface area contributed by atoms with Crippen LogP contribution in [0.1, 0.15) is 51.4 Å². The topological polar surface area (TPSA) is 87.4 Å². The summed E-state index contributed by atoms with van der Waals surface area (Å²) in [5, 5.41) is 16.4. The number of aromatic hydroxyl groups is 1. The van der Waals surface area contributed by atoms with E-state index in [-0.39, 0.29) is 17.7 Å². The molecule has 0 bridgehead atoms. The number of fused-ring (bicyclic) bond motifs is 1. The number of benzene rings is 3. The number of hydrogen-bond donors (Lipinski definition) is 4. The fraction of sp³-hybridized carbons (Fsp3) is 0.321. The van der Waals surface area contributed by atoms with Gasteiger partial charge in [0.1, 0.15) is 5.75 Å². The molecule has 5 N–H and O–H groups in total. The average molecular weight is 444 g/mol. The minimum absolute atomic E-state index is 0.0696. The summed E-state index contributed by atoms with van der Waals surface area (Å²) in [6, 6.07) is 17.8. The van der Waals surface area contributed by atoms with Crippen LogP contribution in [0.4, 0.5) is 5.69 Å². The monoisotopic (exact) mass is 443 g/mol. The molecule has 0 aliphatic carbocycles. The van der Waals surface area contributed by atoms with Crippen molar-refractivity contribution in [3.63, 3.8) is 0 Å². The Kier molecular flexibility index (Phi) is 6.70. The van der Waals surface area contributed by atoms with E-state index < -0.39 is 6.04 Å². The van der Waals surface area contributed by atoms with E-state index in [9.17, 15) is 9.90 Å². The summed E-state index contributed by atoms with van der Waals surface area (Å²) in [7, 11) is 0. The zero-order valence-corrected chi connectivity index (χ0v) is 19.6. The number of rotatable bonds is 6. The molecular weight excluding hydrogens is 410 g/mol. The number of phenolic OH excluding ortho intramolecular Hbond substituents is 1. The Hall–Kier alpha value is -3.31. The number of nitrogens with two attached hydrogens (primary N) is 1. The second-order valence-electron chi connectivity index (χ2n) is 9.23. The first-order valence-corrected chi connectivity index (χ1v) is 11.6. The highest BCUT2D eigenvalue weighted by atomic mass is 16.3. The predicted octanol–water partition coefficient (Wildman–Crippen LogP) is 4.45. The number of carbonyl (C=O) groups is 1. The van der Waals surface area contributed by atoms with Gasteiger partial charge in [0.25, 0.3) is 0 Å². The summed E-state index contributed by atoms with van der Waals surface area (Å²) in [5.41, 5.74) is 15.2. The molecule has 0 radical (unpaired) electrons. The lowest BCUT2D eigenvalue weighted by Gasteiger charge is -2.29. The fourth-order valence-electron chi connectivity index (χ4n) is 4.65. The molecule has 1 aliphatic rings. The maximum Gasteiger partial charge on any atom is 0.237 e. The number of anilines is 1. The maximum atomic E-state index is 13.0. The molecule has 2 unspecified atom stereocenters. The molecule has 1 aliphatic heterocycles. The molecule has 0 saturated heterocycles. The lowest BCUT2D eigenvalue weighted by molar-refractivity contribution is -0.123. The van der Waals surface area contributed by atoms with Gasteiger partial charge in [0.05, 0.1) is 12.1 Å². The zero-order valence-electron chi connectivity index (χ0n) is 19.6. The molecule has 3 aromatic rings. The number of carbonyl (C=O) groups excluding carboxylic acids is 1. The standard InChI is InChI=1S/C28H33N3O2/c1-17-4-6-20(7-5-17)14-21-8-9-26-24(15-21)27(10-11-30-26)31-28(33)25(29)16-23-18(2)12-22(32)13-19(23)3/h4-9,12-13,15,25,27,30,32H,10-11,14,16,29H2,1-3H3,(H,31,33). The Balaban J connectivity index is 1.48. The van der Waals surface area contributed by atoms with Crippen LogP contribution in [-0.4, -0.2) is 23.6 Å². The summed E-state index contributed by atoms with van der Waals surface area (Å²) in [6.45, 7) is 6.77. The SMILES string of the molecule is Cc1ccc(Cc2ccc3c(c2)C(NC(=O)C(N)Cc2c(C)cc(O)cc2C)CCN3)cc1. The lowest BCUT2D eigenvalue weighted by Crippen LogP contribution is -2.44. The first kappa shape index (κ1) is 22.9. The number of nitrogens with one attached hydrogen (secondary N) is 2. The van der Waals surface area contributed by atoms with Gasteiger partial charge in [-0.25, -0.2) is 0 Å². The van der Waals surface area contributed by atoms with Crippen molar-refractivity contribution in [1.82, 2.24) is 5.32 Å². The Labute approximate surface area is 196 Å². The zero-order chi connectivity index (χ0) is 23.5. The van der Waals surface area contributed by atoms with Crippen molar-refractivity contribution in [1.29, 1.82) is 0 Å². The van der Waals surface area contributed by atoms with Crippen LogP contribution >= 0.6 is 0 Å². The van der Waals surface area contributed by atoms with E-state index in [0.29, 0.717) is 6.42 Å². The fourth-order valence-corrected chi connectivity index (χ4v) is 4.65. The summed E-state index contributed by atoms with van der Waals surface area (Å²) >= 11 is 0. The van der Waals surface area contributed by atoms with Crippen LogP contribution in [0.3, 0.4) is 0 Å². The molecular formula is C28H33N3O2. The van der Waals surface area contributed by atoms with Crippen molar-refractivity contribution in [2.75, 3.05) is 11.9 Å². The molecule has 3 aromatic carbocycles. The van der Waals surface area contributed by atoms with Crippen molar-refractivity contribution in [2.45, 2.75) is 52.1 Å². The van der Waals surface area contributed by atoms with Crippen molar-refractivity contribution in [3.05, 3.63) is 93.5 Å². The van der Waals surface area contributed by atoms with E-state index in [2.05, 4.69) is 60.0 Å². The van der Waals surface area contributed by atoms with Gasteiger partial charge < -0.3 is 21.5 Å². The number of phenols is 1. The van der Waals surface area contributed by atoms with Gasteiger partial charge in [-0.05, 0) is 91.6 Å². The predicted molar refractivity (Wildman–Crippen MR) is 134 cm³/mol. The van der Waals surface area contributed by atoms with Gasteiger partial charge in [0.2, 0.25) is 5.91 Å². The largest absolute Gasteiger partial charge is 0.508 e. The molecule has 1 amide bonds. The number of aryl methyl sites for hydroxylation is 3. The second-order valence-corrected chi connectivity index (χ2v) is 9.23. The molecule has 172 valence electrons. The quantitative estimate of drug-likeness (QED) is 0.453. The molecule has 0 spiro atoms. The summed E-state index contributed by atoms with van der Waals surface area (Å²) in [5.74, 6) is 0.0863. The van der Waals surface area contributed by atoms with Crippen LogP contribution in [0.2, 0.25) is 0 Å². The average Bonchev–Trinajstić information content (AvgIpc) is 2.78. The van der Waals surface area contributed by atoms with Gasteiger partial charge in [0.15, 0.2) is 0 Å². The molecule has 4 rings (SSSR count). The van der Waals surface area contributed by atoms with Crippen LogP contribution in [0.5, 0.6) is 5.75 Å². The summed E-state index contributed by atoms with van der Waals surface area (Å²) in [6.07, 6.45) is 2.11. The molecule has 0 fully saturated rings. The second kappa shape index (κ2) is 9.67. The van der Waals surface area contributed by atoms with E-state index in [1.165, 1.54) is 16.7 Å². The van der Waals surface area contributed by atoms with Gasteiger partial charge in [-0.2, -0.15) is 0 Å². The van der Waals surface area contributed by atoms with Crippen molar-refractivity contribution in [2.24, 2.45) is 5.73 Å². The van der Waals surface area contributed by atoms with E-state index >= 15 is 0 Å². The smallest absolute Gasteiger partial charge is 0.237 e. The van der Waals surface area contributed by atoms with Gasteiger partial charge >= 0.3 is 0 Å². The normalized spacial score (nSPS) is 15.9. The first-order valence-electron chi connectivity index (χ1n) is 11.6. The van der Waals surface area contributed by atoms with Crippen molar-refractivity contribution < 1.29 is 9.90 Å². The highest BCUT2D eigenvalue weighted by molar-refractivity contribution is 5.82. The Morgan fingerprint density at radius 1 is 1.06 bits per heavy atom. The van der Waals surface area contributed by atoms with Crippen LogP contribution in [0, 0.1) is 20.8 Å². The molecule has 1 heterocycles. The summed E-state index contributed by atoms with van der Waals surface area (Å²) < 4.78 is 0. The van der Waals surface area contributed by atoms with E-state index in [0.717, 1.165) is 47.3 Å². The van der Waals surface area contributed by atoms with Crippen LogP contribution in [-0.2, 0) is 17.6 Å². The third-order valence-corrected chi connectivity index (χ3v) is 6.53. The van der Waals surface area contributed by atoms with Crippen LogP contribution < -0.4 is 16.4 Å². The number of hydrogen-bond acceptors (Lipinski definition) is 4. The highest BCUT2D eigenvalue weighted by Crippen LogP contribution is 2.31.